The summed E-state index contributed by atoms with van der Waals surface area (Å²) in [6.07, 6.45) is 2.90. The summed E-state index contributed by atoms with van der Waals surface area (Å²) in [7, 11) is 0. The zero-order valence-electron chi connectivity index (χ0n) is 17.7. The highest BCUT2D eigenvalue weighted by atomic mass is 127. The van der Waals surface area contributed by atoms with E-state index >= 15 is 0 Å². The van der Waals surface area contributed by atoms with Gasteiger partial charge < -0.3 is 20.9 Å². The number of benzene rings is 1. The summed E-state index contributed by atoms with van der Waals surface area (Å²) in [6.45, 7) is 9.25. The molecule has 3 N–H and O–H groups in total. The maximum absolute atomic E-state index is 13.1. The second kappa shape index (κ2) is 11.9. The van der Waals surface area contributed by atoms with Crippen LogP contribution in [0.2, 0.25) is 0 Å². The molecule has 0 aliphatic carbocycles. The first-order valence-corrected chi connectivity index (χ1v) is 10.3. The lowest BCUT2D eigenvalue weighted by molar-refractivity contribution is 0.576. The summed E-state index contributed by atoms with van der Waals surface area (Å²) in [4.78, 5) is 13.5. The number of aliphatic imine (C=N–C) groups is 1. The number of nitrogens with one attached hydrogen (secondary N) is 1. The summed E-state index contributed by atoms with van der Waals surface area (Å²) in [5.41, 5.74) is 8.10. The Bertz CT molecular complexity index is 804. The average Bonchev–Trinajstić information content (AvgIpc) is 2.73. The van der Waals surface area contributed by atoms with E-state index in [0.29, 0.717) is 18.4 Å². The second-order valence-corrected chi connectivity index (χ2v) is 7.78. The van der Waals surface area contributed by atoms with Crippen molar-refractivity contribution in [3.8, 4) is 0 Å². The van der Waals surface area contributed by atoms with E-state index in [2.05, 4.69) is 45.0 Å². The molecule has 1 saturated heterocycles. The number of nitrogens with zero attached hydrogens (tertiary/aromatic N) is 4. The molecule has 2 aromatic rings. The Morgan fingerprint density at radius 1 is 1.13 bits per heavy atom. The Morgan fingerprint density at radius 3 is 2.47 bits per heavy atom. The molecule has 1 aromatic heterocycles. The molecule has 8 heteroatoms. The van der Waals surface area contributed by atoms with Crippen molar-refractivity contribution in [3.63, 3.8) is 0 Å². The van der Waals surface area contributed by atoms with E-state index in [1.54, 1.807) is 0 Å². The van der Waals surface area contributed by atoms with Crippen molar-refractivity contribution >= 4 is 41.4 Å². The highest BCUT2D eigenvalue weighted by molar-refractivity contribution is 14.0. The predicted octanol–water partition coefficient (Wildman–Crippen LogP) is 3.62. The topological polar surface area (TPSA) is 69.8 Å². The van der Waals surface area contributed by atoms with Crippen LogP contribution in [0, 0.1) is 11.7 Å². The number of hydrogen-bond acceptors (Lipinski definition) is 4. The molecule has 30 heavy (non-hydrogen) atoms. The van der Waals surface area contributed by atoms with E-state index in [1.165, 1.54) is 12.1 Å². The molecule has 164 valence electrons. The van der Waals surface area contributed by atoms with Gasteiger partial charge in [0, 0.05) is 44.6 Å². The maximum atomic E-state index is 13.1. The molecule has 2 heterocycles. The smallest absolute Gasteiger partial charge is 0.188 e. The lowest BCUT2D eigenvalue weighted by Crippen LogP contribution is -2.46. The SMILES string of the molecule is CC(C)CCNC(N)=NCc1ccnc(N2CCN(c3ccc(F)cc3)CC2)c1.I. The summed E-state index contributed by atoms with van der Waals surface area (Å²) < 4.78 is 13.1. The minimum atomic E-state index is -0.202. The standard InChI is InChI=1S/C22H31FN6.HI/c1-17(2)7-9-26-22(24)27-16-18-8-10-25-21(15-18)29-13-11-28(12-14-29)20-5-3-19(23)4-6-20;/h3-6,8,10,15,17H,7,9,11-14,16H2,1-2H3,(H3,24,26,27);1H. The minimum Gasteiger partial charge on any atom is -0.370 e. The Labute approximate surface area is 195 Å². The fourth-order valence-electron chi connectivity index (χ4n) is 3.30. The van der Waals surface area contributed by atoms with Crippen LogP contribution in [0.15, 0.2) is 47.6 Å². The number of guanidine groups is 1. The van der Waals surface area contributed by atoms with Gasteiger partial charge in [0.05, 0.1) is 6.54 Å². The van der Waals surface area contributed by atoms with Crippen molar-refractivity contribution in [1.82, 2.24) is 10.3 Å². The van der Waals surface area contributed by atoms with Gasteiger partial charge in [-0.05, 0) is 54.3 Å². The lowest BCUT2D eigenvalue weighted by Gasteiger charge is -2.36. The third kappa shape index (κ3) is 7.30. The highest BCUT2D eigenvalue weighted by Crippen LogP contribution is 2.20. The van der Waals surface area contributed by atoms with E-state index in [4.69, 9.17) is 5.73 Å². The van der Waals surface area contributed by atoms with Crippen LogP contribution in [0.1, 0.15) is 25.8 Å². The summed E-state index contributed by atoms with van der Waals surface area (Å²) in [5.74, 6) is 1.88. The number of hydrogen-bond donors (Lipinski definition) is 2. The number of halogens is 2. The molecule has 0 saturated carbocycles. The van der Waals surface area contributed by atoms with Gasteiger partial charge in [0.15, 0.2) is 5.96 Å². The van der Waals surface area contributed by atoms with Crippen molar-refractivity contribution in [2.45, 2.75) is 26.8 Å². The van der Waals surface area contributed by atoms with E-state index in [9.17, 15) is 4.39 Å². The van der Waals surface area contributed by atoms with Gasteiger partial charge in [0.1, 0.15) is 11.6 Å². The normalized spacial score (nSPS) is 14.6. The number of piperazine rings is 1. The molecule has 0 amide bonds. The summed E-state index contributed by atoms with van der Waals surface area (Å²) in [6, 6.07) is 10.7. The first kappa shape index (κ1) is 24.2. The molecule has 0 spiro atoms. The van der Waals surface area contributed by atoms with Crippen molar-refractivity contribution < 1.29 is 4.39 Å². The molecule has 0 atom stereocenters. The molecule has 6 nitrogen and oxygen atoms in total. The van der Waals surface area contributed by atoms with Crippen molar-refractivity contribution in [2.24, 2.45) is 16.6 Å². The zero-order chi connectivity index (χ0) is 20.6. The monoisotopic (exact) mass is 526 g/mol. The van der Waals surface area contributed by atoms with Crippen LogP contribution in [0.25, 0.3) is 0 Å². The van der Waals surface area contributed by atoms with E-state index in [-0.39, 0.29) is 29.8 Å². The molecule has 1 aliphatic rings. The van der Waals surface area contributed by atoms with Crippen LogP contribution in [-0.2, 0) is 6.54 Å². The Kier molecular flexibility index (Phi) is 9.61. The second-order valence-electron chi connectivity index (χ2n) is 7.78. The number of rotatable bonds is 7. The largest absolute Gasteiger partial charge is 0.370 e. The van der Waals surface area contributed by atoms with Crippen LogP contribution in [0.3, 0.4) is 0 Å². The van der Waals surface area contributed by atoms with Gasteiger partial charge in [-0.3, -0.25) is 0 Å². The maximum Gasteiger partial charge on any atom is 0.188 e. The molecule has 1 fully saturated rings. The third-order valence-electron chi connectivity index (χ3n) is 5.07. The summed E-state index contributed by atoms with van der Waals surface area (Å²) in [5, 5.41) is 3.16. The van der Waals surface area contributed by atoms with Gasteiger partial charge in [0.25, 0.3) is 0 Å². The Morgan fingerprint density at radius 2 is 1.80 bits per heavy atom. The molecule has 0 radical (unpaired) electrons. The van der Waals surface area contributed by atoms with E-state index in [1.807, 2.05) is 24.4 Å². The van der Waals surface area contributed by atoms with Gasteiger partial charge in [-0.25, -0.2) is 14.4 Å². The lowest BCUT2D eigenvalue weighted by atomic mass is 10.1. The van der Waals surface area contributed by atoms with Crippen molar-refractivity contribution in [3.05, 3.63) is 54.0 Å². The first-order valence-electron chi connectivity index (χ1n) is 10.3. The molecule has 3 rings (SSSR count). The molecular formula is C22H32FIN6. The quantitative estimate of drug-likeness (QED) is 0.328. The third-order valence-corrected chi connectivity index (χ3v) is 5.07. The molecule has 1 aliphatic heterocycles. The number of aromatic nitrogens is 1. The molecular weight excluding hydrogens is 494 g/mol. The number of anilines is 2. The fraction of sp³-hybridized carbons (Fsp3) is 0.455. The Hall–Kier alpha value is -2.10. The molecule has 0 unspecified atom stereocenters. The van der Waals surface area contributed by atoms with E-state index < -0.39 is 0 Å². The fourth-order valence-corrected chi connectivity index (χ4v) is 3.30. The predicted molar refractivity (Wildman–Crippen MR) is 133 cm³/mol. The highest BCUT2D eigenvalue weighted by Gasteiger charge is 2.18. The summed E-state index contributed by atoms with van der Waals surface area (Å²) >= 11 is 0. The van der Waals surface area contributed by atoms with Crippen LogP contribution in [0.5, 0.6) is 0 Å². The molecule has 1 aromatic carbocycles. The zero-order valence-corrected chi connectivity index (χ0v) is 20.1. The number of pyridine rings is 1. The van der Waals surface area contributed by atoms with Crippen LogP contribution in [-0.4, -0.2) is 43.7 Å². The van der Waals surface area contributed by atoms with Gasteiger partial charge >= 0.3 is 0 Å². The minimum absolute atomic E-state index is 0. The van der Waals surface area contributed by atoms with Gasteiger partial charge in [-0.2, -0.15) is 0 Å². The van der Waals surface area contributed by atoms with E-state index in [0.717, 1.165) is 56.2 Å². The van der Waals surface area contributed by atoms with Gasteiger partial charge in [-0.15, -0.1) is 24.0 Å². The average molecular weight is 526 g/mol. The van der Waals surface area contributed by atoms with Crippen LogP contribution < -0.4 is 20.9 Å². The van der Waals surface area contributed by atoms with Crippen LogP contribution in [0.4, 0.5) is 15.9 Å². The van der Waals surface area contributed by atoms with Gasteiger partial charge in [-0.1, -0.05) is 13.8 Å². The molecule has 0 bridgehead atoms. The van der Waals surface area contributed by atoms with Crippen LogP contribution >= 0.6 is 24.0 Å². The first-order chi connectivity index (χ1) is 14.0. The van der Waals surface area contributed by atoms with Gasteiger partial charge in [0.2, 0.25) is 0 Å². The Balaban J connectivity index is 0.00000320. The van der Waals surface area contributed by atoms with Crippen molar-refractivity contribution in [1.29, 1.82) is 0 Å². The number of nitrogens with two attached hydrogens (primary N) is 1. The van der Waals surface area contributed by atoms with Crippen molar-refractivity contribution in [2.75, 3.05) is 42.5 Å².